The second-order valence-corrected chi connectivity index (χ2v) is 4.56. The normalized spacial score (nSPS) is 17.6. The zero-order valence-corrected chi connectivity index (χ0v) is 9.44. The highest BCUT2D eigenvalue weighted by atomic mass is 19.3. The Morgan fingerprint density at radius 1 is 1.39 bits per heavy atom. The van der Waals surface area contributed by atoms with E-state index in [1.165, 1.54) is 12.1 Å². The molecule has 3 rings (SSSR count). The highest BCUT2D eigenvalue weighted by Crippen LogP contribution is 2.26. The first-order chi connectivity index (χ1) is 8.63. The maximum atomic E-state index is 12.9. The van der Waals surface area contributed by atoms with Crippen LogP contribution in [0.1, 0.15) is 5.69 Å². The lowest BCUT2D eigenvalue weighted by Crippen LogP contribution is -2.49. The Labute approximate surface area is 101 Å². The van der Waals surface area contributed by atoms with Gasteiger partial charge in [-0.15, -0.1) is 0 Å². The van der Waals surface area contributed by atoms with E-state index >= 15 is 0 Å². The molecule has 1 aliphatic rings. The molecule has 0 unspecified atom stereocenters. The Bertz CT molecular complexity index is 563. The summed E-state index contributed by atoms with van der Waals surface area (Å²) in [5.41, 5.74) is 1.05. The van der Waals surface area contributed by atoms with E-state index in [2.05, 4.69) is 5.16 Å². The van der Waals surface area contributed by atoms with Crippen LogP contribution in [0.25, 0.3) is 11.0 Å². The fourth-order valence-corrected chi connectivity index (χ4v) is 2.19. The van der Waals surface area contributed by atoms with Crippen molar-refractivity contribution in [1.82, 2.24) is 10.1 Å². The molecule has 2 heterocycles. The predicted molar refractivity (Wildman–Crippen MR) is 58.7 cm³/mol. The summed E-state index contributed by atoms with van der Waals surface area (Å²) >= 11 is 0. The zero-order chi connectivity index (χ0) is 12.7. The van der Waals surface area contributed by atoms with Crippen LogP contribution < -0.4 is 0 Å². The van der Waals surface area contributed by atoms with Crippen LogP contribution in [-0.2, 0) is 6.54 Å². The van der Waals surface area contributed by atoms with Gasteiger partial charge in [0.25, 0.3) is 0 Å². The number of fused-ring (bicyclic) bond motifs is 1. The summed E-state index contributed by atoms with van der Waals surface area (Å²) in [6.07, 6.45) is -2.26. The SMILES string of the molecule is Fc1ccc2c(CN3CC(C(F)F)C3)noc2c1. The first-order valence-corrected chi connectivity index (χ1v) is 5.68. The maximum absolute atomic E-state index is 12.9. The molecular weight excluding hydrogens is 245 g/mol. The molecule has 1 fully saturated rings. The standard InChI is InChI=1S/C12H11F3N2O/c13-8-1-2-9-10(16-18-11(9)3-8)6-17-4-7(5-17)12(14)15/h1-3,7,12H,4-6H2. The highest BCUT2D eigenvalue weighted by Gasteiger charge is 2.34. The van der Waals surface area contributed by atoms with Crippen molar-refractivity contribution >= 4 is 11.0 Å². The van der Waals surface area contributed by atoms with E-state index in [1.807, 2.05) is 4.90 Å². The Morgan fingerprint density at radius 3 is 2.89 bits per heavy atom. The fraction of sp³-hybridized carbons (Fsp3) is 0.417. The summed E-state index contributed by atoms with van der Waals surface area (Å²) in [4.78, 5) is 1.87. The molecule has 96 valence electrons. The average Bonchev–Trinajstić information content (AvgIpc) is 2.64. The third-order valence-electron chi connectivity index (χ3n) is 3.22. The topological polar surface area (TPSA) is 29.3 Å². The van der Waals surface area contributed by atoms with Gasteiger partial charge in [-0.2, -0.15) is 0 Å². The number of hydrogen-bond donors (Lipinski definition) is 0. The smallest absolute Gasteiger partial charge is 0.243 e. The third-order valence-corrected chi connectivity index (χ3v) is 3.22. The minimum absolute atomic E-state index is 0.368. The van der Waals surface area contributed by atoms with E-state index in [1.54, 1.807) is 6.07 Å². The van der Waals surface area contributed by atoms with Crippen LogP contribution in [-0.4, -0.2) is 29.6 Å². The Balaban J connectivity index is 1.73. The average molecular weight is 256 g/mol. The van der Waals surface area contributed by atoms with Gasteiger partial charge in [0.15, 0.2) is 5.58 Å². The molecule has 1 saturated heterocycles. The van der Waals surface area contributed by atoms with Gasteiger partial charge in [-0.05, 0) is 12.1 Å². The molecular formula is C12H11F3N2O. The third kappa shape index (κ3) is 1.96. The van der Waals surface area contributed by atoms with Crippen molar-refractivity contribution in [2.45, 2.75) is 13.0 Å². The van der Waals surface area contributed by atoms with E-state index < -0.39 is 12.3 Å². The lowest BCUT2D eigenvalue weighted by atomic mass is 10.0. The van der Waals surface area contributed by atoms with Crippen LogP contribution in [0.5, 0.6) is 0 Å². The van der Waals surface area contributed by atoms with Gasteiger partial charge in [0.1, 0.15) is 11.5 Å². The van der Waals surface area contributed by atoms with Crippen molar-refractivity contribution in [3.8, 4) is 0 Å². The Hall–Kier alpha value is -1.56. The Kier molecular flexibility index (Phi) is 2.74. The minimum Gasteiger partial charge on any atom is -0.356 e. The van der Waals surface area contributed by atoms with Crippen molar-refractivity contribution in [3.63, 3.8) is 0 Å². The molecule has 0 saturated carbocycles. The molecule has 0 radical (unpaired) electrons. The van der Waals surface area contributed by atoms with Crippen LogP contribution in [0, 0.1) is 11.7 Å². The highest BCUT2D eigenvalue weighted by molar-refractivity contribution is 5.79. The van der Waals surface area contributed by atoms with Crippen molar-refractivity contribution < 1.29 is 17.7 Å². The molecule has 1 aromatic heterocycles. The van der Waals surface area contributed by atoms with Crippen molar-refractivity contribution in [2.75, 3.05) is 13.1 Å². The first-order valence-electron chi connectivity index (χ1n) is 5.68. The largest absolute Gasteiger partial charge is 0.356 e. The molecule has 0 aliphatic carbocycles. The number of likely N-dealkylation sites (tertiary alicyclic amines) is 1. The van der Waals surface area contributed by atoms with Crippen LogP contribution >= 0.6 is 0 Å². The van der Waals surface area contributed by atoms with Crippen molar-refractivity contribution in [3.05, 3.63) is 29.7 Å². The van der Waals surface area contributed by atoms with Gasteiger partial charge in [-0.1, -0.05) is 5.16 Å². The van der Waals surface area contributed by atoms with Gasteiger partial charge in [0.2, 0.25) is 6.43 Å². The van der Waals surface area contributed by atoms with Crippen molar-refractivity contribution in [2.24, 2.45) is 5.92 Å². The second kappa shape index (κ2) is 4.28. The van der Waals surface area contributed by atoms with Gasteiger partial charge >= 0.3 is 0 Å². The zero-order valence-electron chi connectivity index (χ0n) is 9.44. The summed E-state index contributed by atoms with van der Waals surface area (Å²) in [7, 11) is 0. The Morgan fingerprint density at radius 2 is 2.17 bits per heavy atom. The second-order valence-electron chi connectivity index (χ2n) is 4.56. The van der Waals surface area contributed by atoms with Gasteiger partial charge in [0, 0.05) is 37.0 Å². The molecule has 1 aliphatic heterocycles. The quantitative estimate of drug-likeness (QED) is 0.845. The van der Waals surface area contributed by atoms with E-state index in [4.69, 9.17) is 4.52 Å². The molecule has 0 bridgehead atoms. The first kappa shape index (κ1) is 11.5. The number of benzene rings is 1. The lowest BCUT2D eigenvalue weighted by Gasteiger charge is -2.38. The minimum atomic E-state index is -2.26. The van der Waals surface area contributed by atoms with Gasteiger partial charge < -0.3 is 4.52 Å². The van der Waals surface area contributed by atoms with E-state index in [0.717, 1.165) is 5.39 Å². The van der Waals surface area contributed by atoms with E-state index in [0.29, 0.717) is 30.9 Å². The number of hydrogen-bond acceptors (Lipinski definition) is 3. The maximum Gasteiger partial charge on any atom is 0.243 e. The molecule has 2 aromatic rings. The van der Waals surface area contributed by atoms with Gasteiger partial charge in [-0.3, -0.25) is 4.90 Å². The van der Waals surface area contributed by atoms with E-state index in [9.17, 15) is 13.2 Å². The number of rotatable bonds is 3. The fourth-order valence-electron chi connectivity index (χ4n) is 2.19. The monoisotopic (exact) mass is 256 g/mol. The predicted octanol–water partition coefficient (Wildman–Crippen LogP) is 2.66. The molecule has 0 N–H and O–H groups in total. The van der Waals surface area contributed by atoms with Gasteiger partial charge in [-0.25, -0.2) is 13.2 Å². The summed E-state index contributed by atoms with van der Waals surface area (Å²) in [5.74, 6) is -0.924. The van der Waals surface area contributed by atoms with Crippen molar-refractivity contribution in [1.29, 1.82) is 0 Å². The molecule has 6 heteroatoms. The summed E-state index contributed by atoms with van der Waals surface area (Å²) in [5, 5.41) is 4.59. The molecule has 0 atom stereocenters. The summed E-state index contributed by atoms with van der Waals surface area (Å²) in [6.45, 7) is 1.20. The van der Waals surface area contributed by atoms with Crippen LogP contribution in [0.2, 0.25) is 0 Å². The lowest BCUT2D eigenvalue weighted by molar-refractivity contribution is -0.0285. The van der Waals surface area contributed by atoms with Gasteiger partial charge in [0.05, 0.1) is 0 Å². The van der Waals surface area contributed by atoms with Crippen LogP contribution in [0.3, 0.4) is 0 Å². The number of aromatic nitrogens is 1. The van der Waals surface area contributed by atoms with Crippen LogP contribution in [0.4, 0.5) is 13.2 Å². The number of nitrogens with zero attached hydrogens (tertiary/aromatic N) is 2. The number of alkyl halides is 2. The molecule has 18 heavy (non-hydrogen) atoms. The van der Waals surface area contributed by atoms with E-state index in [-0.39, 0.29) is 5.82 Å². The summed E-state index contributed by atoms with van der Waals surface area (Å²) < 4.78 is 42.6. The molecule has 0 spiro atoms. The molecule has 0 amide bonds. The van der Waals surface area contributed by atoms with Crippen LogP contribution in [0.15, 0.2) is 22.7 Å². The summed E-state index contributed by atoms with van der Waals surface area (Å²) in [6, 6.07) is 4.20. The number of halogens is 3. The molecule has 1 aromatic carbocycles. The molecule has 3 nitrogen and oxygen atoms in total.